The van der Waals surface area contributed by atoms with E-state index in [1.807, 2.05) is 29.2 Å². The minimum atomic E-state index is -0.265. The van der Waals surface area contributed by atoms with Crippen LogP contribution in [0.1, 0.15) is 44.1 Å². The molecule has 0 radical (unpaired) electrons. The third-order valence-electron chi connectivity index (χ3n) is 6.47. The van der Waals surface area contributed by atoms with Gasteiger partial charge in [-0.1, -0.05) is 18.2 Å². The number of nitrogens with two attached hydrogens (primary N) is 1. The van der Waals surface area contributed by atoms with Crippen LogP contribution in [0.25, 0.3) is 0 Å². The largest absolute Gasteiger partial charge is 0.444 e. The van der Waals surface area contributed by atoms with Crippen LogP contribution in [0.15, 0.2) is 24.3 Å². The molecule has 1 aromatic carbocycles. The zero-order chi connectivity index (χ0) is 18.8. The molecule has 0 bridgehead atoms. The van der Waals surface area contributed by atoms with Gasteiger partial charge in [0, 0.05) is 30.6 Å². The van der Waals surface area contributed by atoms with Gasteiger partial charge in [0.25, 0.3) is 0 Å². The quantitative estimate of drug-likeness (QED) is 0.886. The summed E-state index contributed by atoms with van der Waals surface area (Å²) < 4.78 is 5.36. The Hall–Kier alpha value is -2.08. The molecule has 1 aromatic rings. The number of rotatable bonds is 3. The Morgan fingerprint density at radius 2 is 1.78 bits per heavy atom. The molecule has 2 fully saturated rings. The van der Waals surface area contributed by atoms with Crippen molar-refractivity contribution in [1.82, 2.24) is 4.90 Å². The van der Waals surface area contributed by atoms with E-state index in [1.54, 1.807) is 4.90 Å². The number of anilines is 1. The topological polar surface area (TPSA) is 75.9 Å². The number of benzene rings is 1. The van der Waals surface area contributed by atoms with E-state index >= 15 is 0 Å². The number of para-hydroxylation sites is 1. The van der Waals surface area contributed by atoms with Gasteiger partial charge in [-0.25, -0.2) is 4.79 Å². The molecule has 4 rings (SSSR count). The molecule has 6 nitrogen and oxygen atoms in total. The first-order chi connectivity index (χ1) is 13.2. The van der Waals surface area contributed by atoms with Gasteiger partial charge in [0.05, 0.1) is 5.69 Å². The fraction of sp³-hybridized carbons (Fsp3) is 0.619. The fourth-order valence-corrected chi connectivity index (χ4v) is 4.77. The van der Waals surface area contributed by atoms with E-state index in [1.165, 1.54) is 0 Å². The third kappa shape index (κ3) is 3.68. The number of ether oxygens (including phenoxy) is 1. The number of nitrogens with zero attached hydrogens (tertiary/aromatic N) is 2. The van der Waals surface area contributed by atoms with Gasteiger partial charge in [0.15, 0.2) is 0 Å². The van der Waals surface area contributed by atoms with Gasteiger partial charge in [0.2, 0.25) is 5.91 Å². The van der Waals surface area contributed by atoms with E-state index in [2.05, 4.69) is 0 Å². The summed E-state index contributed by atoms with van der Waals surface area (Å²) in [5.41, 5.74) is 7.77. The predicted molar refractivity (Wildman–Crippen MR) is 103 cm³/mol. The first-order valence-electron chi connectivity index (χ1n) is 10.2. The molecule has 146 valence electrons. The molecular weight excluding hydrogens is 342 g/mol. The summed E-state index contributed by atoms with van der Waals surface area (Å²) in [6.45, 7) is 2.51. The van der Waals surface area contributed by atoms with Crippen LogP contribution in [0.2, 0.25) is 0 Å². The van der Waals surface area contributed by atoms with Crippen molar-refractivity contribution < 1.29 is 14.3 Å². The molecule has 0 atom stereocenters. The highest BCUT2D eigenvalue weighted by Gasteiger charge is 2.36. The van der Waals surface area contributed by atoms with Gasteiger partial charge < -0.3 is 15.4 Å². The lowest BCUT2D eigenvalue weighted by Gasteiger charge is -2.41. The molecule has 0 unspecified atom stereocenters. The molecule has 0 spiro atoms. The molecule has 6 heteroatoms. The lowest BCUT2D eigenvalue weighted by molar-refractivity contribution is -0.137. The van der Waals surface area contributed by atoms with E-state index in [0.29, 0.717) is 31.5 Å². The first kappa shape index (κ1) is 18.3. The summed E-state index contributed by atoms with van der Waals surface area (Å²) in [4.78, 5) is 29.1. The average Bonchev–Trinajstić information content (AvgIpc) is 2.73. The number of amides is 2. The van der Waals surface area contributed by atoms with Crippen molar-refractivity contribution in [1.29, 1.82) is 0 Å². The summed E-state index contributed by atoms with van der Waals surface area (Å²) in [6.07, 6.45) is 5.40. The van der Waals surface area contributed by atoms with Gasteiger partial charge in [0.1, 0.15) is 6.61 Å². The van der Waals surface area contributed by atoms with Crippen LogP contribution < -0.4 is 10.6 Å². The Morgan fingerprint density at radius 1 is 1.07 bits per heavy atom. The van der Waals surface area contributed by atoms with Gasteiger partial charge in [-0.05, 0) is 57.1 Å². The van der Waals surface area contributed by atoms with E-state index in [-0.39, 0.29) is 18.1 Å². The summed E-state index contributed by atoms with van der Waals surface area (Å²) in [7, 11) is 0. The number of hydrogen-bond acceptors (Lipinski definition) is 4. The molecular formula is C21H29N3O3. The number of likely N-dealkylation sites (tertiary alicyclic amines) is 1. The molecule has 2 heterocycles. The molecule has 27 heavy (non-hydrogen) atoms. The SMILES string of the molecule is NCC1CCC(C(=O)N2CCC(N3C(=O)OCc4ccccc43)CC2)CC1. The van der Waals surface area contributed by atoms with Crippen LogP contribution in [0, 0.1) is 11.8 Å². The van der Waals surface area contributed by atoms with Crippen molar-refractivity contribution in [2.45, 2.75) is 51.2 Å². The maximum atomic E-state index is 12.9. The highest BCUT2D eigenvalue weighted by atomic mass is 16.6. The molecule has 2 aliphatic heterocycles. The second-order valence-corrected chi connectivity index (χ2v) is 8.06. The molecule has 1 aliphatic carbocycles. The Kier molecular flexibility index (Phi) is 5.34. The van der Waals surface area contributed by atoms with E-state index in [0.717, 1.165) is 56.3 Å². The smallest absolute Gasteiger partial charge is 0.414 e. The van der Waals surface area contributed by atoms with Gasteiger partial charge in [-0.2, -0.15) is 0 Å². The Morgan fingerprint density at radius 3 is 2.48 bits per heavy atom. The lowest BCUT2D eigenvalue weighted by Crippen LogP contribution is -2.51. The van der Waals surface area contributed by atoms with Gasteiger partial charge >= 0.3 is 6.09 Å². The molecule has 2 N–H and O–H groups in total. The monoisotopic (exact) mass is 371 g/mol. The van der Waals surface area contributed by atoms with Crippen LogP contribution in [-0.4, -0.2) is 42.6 Å². The van der Waals surface area contributed by atoms with E-state index in [4.69, 9.17) is 10.5 Å². The van der Waals surface area contributed by atoms with Crippen LogP contribution in [0.5, 0.6) is 0 Å². The van der Waals surface area contributed by atoms with Crippen molar-refractivity contribution >= 4 is 17.7 Å². The lowest BCUT2D eigenvalue weighted by atomic mass is 9.81. The molecule has 1 saturated carbocycles. The third-order valence-corrected chi connectivity index (χ3v) is 6.47. The minimum Gasteiger partial charge on any atom is -0.444 e. The van der Waals surface area contributed by atoms with Gasteiger partial charge in [-0.15, -0.1) is 0 Å². The van der Waals surface area contributed by atoms with Crippen LogP contribution in [-0.2, 0) is 16.1 Å². The van der Waals surface area contributed by atoms with E-state index in [9.17, 15) is 9.59 Å². The summed E-state index contributed by atoms with van der Waals surface area (Å²) in [6, 6.07) is 8.02. The Bertz CT molecular complexity index is 692. The zero-order valence-corrected chi connectivity index (χ0v) is 15.8. The highest BCUT2D eigenvalue weighted by Crippen LogP contribution is 2.33. The number of fused-ring (bicyclic) bond motifs is 1. The van der Waals surface area contributed by atoms with E-state index < -0.39 is 0 Å². The van der Waals surface area contributed by atoms with Crippen LogP contribution in [0.4, 0.5) is 10.5 Å². The van der Waals surface area contributed by atoms with Crippen molar-refractivity contribution in [3.63, 3.8) is 0 Å². The molecule has 1 saturated heterocycles. The van der Waals surface area contributed by atoms with Gasteiger partial charge in [-0.3, -0.25) is 9.69 Å². The Labute approximate surface area is 160 Å². The van der Waals surface area contributed by atoms with Crippen molar-refractivity contribution in [2.24, 2.45) is 17.6 Å². The summed E-state index contributed by atoms with van der Waals surface area (Å²) >= 11 is 0. The number of carbonyl (C=O) groups is 2. The summed E-state index contributed by atoms with van der Waals surface area (Å²) in [5.74, 6) is 1.04. The normalized spacial score (nSPS) is 26.5. The number of cyclic esters (lactones) is 1. The maximum absolute atomic E-state index is 12.9. The Balaban J connectivity index is 1.37. The number of carbonyl (C=O) groups excluding carboxylic acids is 2. The maximum Gasteiger partial charge on any atom is 0.414 e. The van der Waals surface area contributed by atoms with Crippen molar-refractivity contribution in [3.8, 4) is 0 Å². The second-order valence-electron chi connectivity index (χ2n) is 8.06. The molecule has 2 amide bonds. The average molecular weight is 371 g/mol. The number of piperidine rings is 1. The fourth-order valence-electron chi connectivity index (χ4n) is 4.77. The van der Waals surface area contributed by atoms with Crippen LogP contribution >= 0.6 is 0 Å². The summed E-state index contributed by atoms with van der Waals surface area (Å²) in [5, 5.41) is 0. The molecule has 3 aliphatic rings. The second kappa shape index (κ2) is 7.89. The van der Waals surface area contributed by atoms with Crippen LogP contribution in [0.3, 0.4) is 0 Å². The zero-order valence-electron chi connectivity index (χ0n) is 15.8. The standard InChI is InChI=1S/C21H29N3O3/c22-13-15-5-7-16(8-6-15)20(25)23-11-9-18(10-12-23)24-19-4-2-1-3-17(19)14-27-21(24)26/h1-4,15-16,18H,5-14,22H2. The number of hydrogen-bond donors (Lipinski definition) is 1. The van der Waals surface area contributed by atoms with Crippen molar-refractivity contribution in [3.05, 3.63) is 29.8 Å². The highest BCUT2D eigenvalue weighted by molar-refractivity contribution is 5.91. The molecule has 0 aromatic heterocycles. The predicted octanol–water partition coefficient (Wildman–Crippen LogP) is 2.90. The van der Waals surface area contributed by atoms with Crippen molar-refractivity contribution in [2.75, 3.05) is 24.5 Å². The minimum absolute atomic E-state index is 0.0935. The first-order valence-corrected chi connectivity index (χ1v) is 10.2.